The van der Waals surface area contributed by atoms with E-state index in [1.165, 1.54) is 60.5 Å². The number of rotatable bonds is 3. The second kappa shape index (κ2) is 8.81. The van der Waals surface area contributed by atoms with Crippen LogP contribution in [0, 0.1) is 0 Å². The van der Waals surface area contributed by atoms with Crippen molar-refractivity contribution in [1.82, 2.24) is 0 Å². The maximum Gasteiger partial charge on any atom is -0.00262 e. The van der Waals surface area contributed by atoms with Crippen molar-refractivity contribution in [3.8, 4) is 33.4 Å². The van der Waals surface area contributed by atoms with Gasteiger partial charge in [0.25, 0.3) is 0 Å². The van der Waals surface area contributed by atoms with E-state index in [-0.39, 0.29) is 5.41 Å². The van der Waals surface area contributed by atoms with E-state index in [4.69, 9.17) is 0 Å². The summed E-state index contributed by atoms with van der Waals surface area (Å²) in [6, 6.07) is 46.5. The fraction of sp³-hybridized carbons (Fsp3) is 0.111. The lowest BCUT2D eigenvalue weighted by Gasteiger charge is -2.23. The highest BCUT2D eigenvalue weighted by atomic mass is 14.2. The van der Waals surface area contributed by atoms with Gasteiger partial charge in [0.2, 0.25) is 0 Å². The van der Waals surface area contributed by atoms with Crippen LogP contribution in [0.2, 0.25) is 0 Å². The van der Waals surface area contributed by atoms with Gasteiger partial charge in [-0.25, -0.2) is 0 Å². The van der Waals surface area contributed by atoms with Gasteiger partial charge in [-0.15, -0.1) is 0 Å². The third-order valence-corrected chi connectivity index (χ3v) is 7.21. The van der Waals surface area contributed by atoms with E-state index in [0.717, 1.165) is 0 Å². The Bertz CT molecular complexity index is 1670. The van der Waals surface area contributed by atoms with Gasteiger partial charge < -0.3 is 0 Å². The lowest BCUT2D eigenvalue weighted by atomic mass is 9.81. The average molecular weight is 463 g/mol. The summed E-state index contributed by atoms with van der Waals surface area (Å²) in [5.41, 5.74) is 9.02. The molecule has 0 bridgehead atoms. The number of benzene rings is 6. The smallest absolute Gasteiger partial charge is 0.00262 e. The molecule has 0 aliphatic heterocycles. The van der Waals surface area contributed by atoms with Crippen LogP contribution in [0.5, 0.6) is 0 Å². The van der Waals surface area contributed by atoms with Crippen molar-refractivity contribution in [1.29, 1.82) is 0 Å². The molecule has 0 saturated heterocycles. The number of hydrogen-bond acceptors (Lipinski definition) is 0. The minimum Gasteiger partial charge on any atom is -0.0622 e. The Morgan fingerprint density at radius 3 is 1.31 bits per heavy atom. The second-order valence-electron chi connectivity index (χ2n) is 10.6. The summed E-state index contributed by atoms with van der Waals surface area (Å²) >= 11 is 0. The molecule has 36 heavy (non-hydrogen) atoms. The molecule has 0 aliphatic rings. The molecule has 0 atom stereocenters. The first-order valence-corrected chi connectivity index (χ1v) is 12.7. The van der Waals surface area contributed by atoms with Gasteiger partial charge in [-0.05, 0) is 78.0 Å². The zero-order chi connectivity index (χ0) is 24.7. The lowest BCUT2D eigenvalue weighted by Crippen LogP contribution is -2.10. The molecule has 0 spiro atoms. The van der Waals surface area contributed by atoms with Crippen LogP contribution in [-0.4, -0.2) is 0 Å². The van der Waals surface area contributed by atoms with Crippen molar-refractivity contribution in [2.24, 2.45) is 0 Å². The van der Waals surface area contributed by atoms with Gasteiger partial charge in [0.05, 0.1) is 0 Å². The Balaban J connectivity index is 1.81. The molecular weight excluding hydrogens is 432 g/mol. The topological polar surface area (TPSA) is 0 Å². The predicted octanol–water partition coefficient (Wildman–Crippen LogP) is 10.3. The molecule has 0 heteroatoms. The van der Waals surface area contributed by atoms with E-state index in [1.807, 2.05) is 0 Å². The fourth-order valence-electron chi connectivity index (χ4n) is 5.34. The summed E-state index contributed by atoms with van der Waals surface area (Å²) in [6.45, 7) is 6.88. The standard InChI is InChI=1S/C36H30/c1-36(2,3)29-20-22-31-33(24-29)35(27-17-11-6-12-18-27)30-21-19-28(25-13-7-4-8-14-25)23-32(30)34(31)26-15-9-5-10-16-26/h4-24H,1-3H3. The molecule has 0 saturated carbocycles. The normalized spacial score (nSPS) is 11.8. The van der Waals surface area contributed by atoms with E-state index in [1.54, 1.807) is 0 Å². The summed E-state index contributed by atoms with van der Waals surface area (Å²) < 4.78 is 0. The zero-order valence-corrected chi connectivity index (χ0v) is 21.1. The monoisotopic (exact) mass is 462 g/mol. The van der Waals surface area contributed by atoms with Gasteiger partial charge in [-0.1, -0.05) is 136 Å². The highest BCUT2D eigenvalue weighted by molar-refractivity contribution is 6.22. The van der Waals surface area contributed by atoms with E-state index in [9.17, 15) is 0 Å². The van der Waals surface area contributed by atoms with Crippen molar-refractivity contribution in [3.63, 3.8) is 0 Å². The Kier molecular flexibility index (Phi) is 5.46. The van der Waals surface area contributed by atoms with Crippen molar-refractivity contribution >= 4 is 21.5 Å². The van der Waals surface area contributed by atoms with E-state index < -0.39 is 0 Å². The summed E-state index contributed by atoms with van der Waals surface area (Å²) in [5.74, 6) is 0. The van der Waals surface area contributed by atoms with Crippen molar-refractivity contribution in [2.45, 2.75) is 26.2 Å². The van der Waals surface area contributed by atoms with Crippen LogP contribution in [0.25, 0.3) is 54.9 Å². The second-order valence-corrected chi connectivity index (χ2v) is 10.6. The van der Waals surface area contributed by atoms with Gasteiger partial charge in [0.1, 0.15) is 0 Å². The highest BCUT2D eigenvalue weighted by Crippen LogP contribution is 2.45. The molecule has 6 aromatic carbocycles. The molecule has 0 aliphatic carbocycles. The first-order chi connectivity index (χ1) is 17.5. The van der Waals surface area contributed by atoms with E-state index >= 15 is 0 Å². The molecule has 0 unspecified atom stereocenters. The Morgan fingerprint density at radius 1 is 0.361 bits per heavy atom. The lowest BCUT2D eigenvalue weighted by molar-refractivity contribution is 0.591. The van der Waals surface area contributed by atoms with Crippen LogP contribution in [0.1, 0.15) is 26.3 Å². The molecule has 0 aromatic heterocycles. The van der Waals surface area contributed by atoms with Crippen LogP contribution in [0.3, 0.4) is 0 Å². The minimum atomic E-state index is 0.0706. The van der Waals surface area contributed by atoms with Gasteiger partial charge in [-0.2, -0.15) is 0 Å². The van der Waals surface area contributed by atoms with Gasteiger partial charge in [0, 0.05) is 0 Å². The Hall–Kier alpha value is -4.16. The summed E-state index contributed by atoms with van der Waals surface area (Å²) in [5, 5.41) is 5.19. The first kappa shape index (κ1) is 22.3. The van der Waals surface area contributed by atoms with Crippen LogP contribution < -0.4 is 0 Å². The largest absolute Gasteiger partial charge is 0.0622 e. The molecule has 174 valence electrons. The van der Waals surface area contributed by atoms with Crippen LogP contribution in [-0.2, 0) is 5.41 Å². The molecule has 0 radical (unpaired) electrons. The molecule has 0 N–H and O–H groups in total. The number of fused-ring (bicyclic) bond motifs is 2. The summed E-state index contributed by atoms with van der Waals surface area (Å²) in [4.78, 5) is 0. The molecule has 6 aromatic rings. The van der Waals surface area contributed by atoms with Crippen LogP contribution in [0.4, 0.5) is 0 Å². The number of hydrogen-bond donors (Lipinski definition) is 0. The molecular formula is C36H30. The molecule has 6 rings (SSSR count). The maximum atomic E-state index is 2.43. The van der Waals surface area contributed by atoms with Gasteiger partial charge >= 0.3 is 0 Å². The van der Waals surface area contributed by atoms with E-state index in [2.05, 4.69) is 148 Å². The zero-order valence-electron chi connectivity index (χ0n) is 21.1. The van der Waals surface area contributed by atoms with Gasteiger partial charge in [0.15, 0.2) is 0 Å². The Morgan fingerprint density at radius 2 is 0.806 bits per heavy atom. The van der Waals surface area contributed by atoms with Gasteiger partial charge in [-0.3, -0.25) is 0 Å². The quantitative estimate of drug-likeness (QED) is 0.229. The third kappa shape index (κ3) is 3.89. The Labute approximate surface area is 213 Å². The fourth-order valence-corrected chi connectivity index (χ4v) is 5.34. The SMILES string of the molecule is CC(C)(C)c1ccc2c(-c3ccccc3)c3cc(-c4ccccc4)ccc3c(-c3ccccc3)c2c1. The first-order valence-electron chi connectivity index (χ1n) is 12.7. The summed E-state index contributed by atoms with van der Waals surface area (Å²) in [7, 11) is 0. The van der Waals surface area contributed by atoms with E-state index in [0.29, 0.717) is 0 Å². The molecule has 0 nitrogen and oxygen atoms in total. The van der Waals surface area contributed by atoms with Crippen molar-refractivity contribution < 1.29 is 0 Å². The molecule has 0 amide bonds. The molecule has 0 heterocycles. The van der Waals surface area contributed by atoms with Crippen LogP contribution in [0.15, 0.2) is 127 Å². The van der Waals surface area contributed by atoms with Crippen molar-refractivity contribution in [3.05, 3.63) is 133 Å². The van der Waals surface area contributed by atoms with Crippen molar-refractivity contribution in [2.75, 3.05) is 0 Å². The maximum absolute atomic E-state index is 2.43. The minimum absolute atomic E-state index is 0.0706. The third-order valence-electron chi connectivity index (χ3n) is 7.21. The predicted molar refractivity (Wildman–Crippen MR) is 156 cm³/mol. The average Bonchev–Trinajstić information content (AvgIpc) is 2.92. The molecule has 0 fully saturated rings. The van der Waals surface area contributed by atoms with Crippen LogP contribution >= 0.6 is 0 Å². The highest BCUT2D eigenvalue weighted by Gasteiger charge is 2.20. The summed E-state index contributed by atoms with van der Waals surface area (Å²) in [6.07, 6.45) is 0.